The second-order valence-electron chi connectivity index (χ2n) is 4.65. The van der Waals surface area contributed by atoms with E-state index in [2.05, 4.69) is 0 Å². The fourth-order valence-electron chi connectivity index (χ4n) is 1.88. The number of benzene rings is 1. The zero-order valence-corrected chi connectivity index (χ0v) is 12.7. The Morgan fingerprint density at radius 2 is 1.73 bits per heavy atom. The molecule has 1 aromatic carbocycles. The van der Waals surface area contributed by atoms with Crippen LogP contribution >= 0.6 is 11.6 Å². The minimum Gasteiger partial charge on any atom is -0.494 e. The van der Waals surface area contributed by atoms with Crippen LogP contribution in [0.5, 0.6) is 5.88 Å². The van der Waals surface area contributed by atoms with Crippen LogP contribution in [0.15, 0.2) is 39.9 Å². The lowest BCUT2D eigenvalue weighted by molar-refractivity contribution is 0.104. The number of carbonyl (C=O) groups is 1. The highest BCUT2D eigenvalue weighted by Gasteiger charge is 2.19. The Morgan fingerprint density at radius 3 is 2.32 bits per heavy atom. The van der Waals surface area contributed by atoms with Crippen LogP contribution in [0.1, 0.15) is 15.9 Å². The number of carbonyl (C=O) groups excluding carboxylic acids is 1. The molecule has 22 heavy (non-hydrogen) atoms. The van der Waals surface area contributed by atoms with Crippen LogP contribution in [0.3, 0.4) is 0 Å². The van der Waals surface area contributed by atoms with Crippen molar-refractivity contribution in [2.45, 2.75) is 0 Å². The van der Waals surface area contributed by atoms with Crippen molar-refractivity contribution >= 4 is 23.5 Å². The number of nitrogens with zero attached hydrogens (tertiary/aromatic N) is 2. The van der Waals surface area contributed by atoms with Crippen molar-refractivity contribution in [1.29, 1.82) is 0 Å². The molecule has 0 unspecified atom stereocenters. The molecule has 0 aliphatic heterocycles. The molecule has 1 aromatic heterocycles. The van der Waals surface area contributed by atoms with Gasteiger partial charge in [-0.1, -0.05) is 29.8 Å². The molecule has 6 nitrogen and oxygen atoms in total. The molecule has 114 valence electrons. The van der Waals surface area contributed by atoms with Gasteiger partial charge in [0.25, 0.3) is 5.56 Å². The maximum Gasteiger partial charge on any atom is 0.333 e. The minimum absolute atomic E-state index is 0.449. The summed E-state index contributed by atoms with van der Waals surface area (Å²) < 4.78 is 1.61. The molecule has 0 amide bonds. The van der Waals surface area contributed by atoms with E-state index >= 15 is 0 Å². The third-order valence-corrected chi connectivity index (χ3v) is 3.43. The summed E-state index contributed by atoms with van der Waals surface area (Å²) in [7, 11) is 2.51. The Bertz CT molecular complexity index is 876. The van der Waals surface area contributed by atoms with E-state index in [-0.39, 0.29) is 0 Å². The zero-order chi connectivity index (χ0) is 16.4. The van der Waals surface area contributed by atoms with E-state index in [0.29, 0.717) is 10.6 Å². The van der Waals surface area contributed by atoms with E-state index in [0.717, 1.165) is 15.2 Å². The van der Waals surface area contributed by atoms with Crippen LogP contribution in [0.4, 0.5) is 0 Å². The number of aromatic nitrogens is 2. The minimum atomic E-state index is -0.841. The molecular weight excluding hydrogens is 308 g/mol. The van der Waals surface area contributed by atoms with Crippen LogP contribution in [0.25, 0.3) is 6.08 Å². The number of hydrogen-bond acceptors (Lipinski definition) is 4. The fraction of sp³-hybridized carbons (Fsp3) is 0.133. The van der Waals surface area contributed by atoms with Gasteiger partial charge < -0.3 is 5.11 Å². The van der Waals surface area contributed by atoms with Gasteiger partial charge in [-0.2, -0.15) is 0 Å². The third-order valence-electron chi connectivity index (χ3n) is 3.18. The summed E-state index contributed by atoms with van der Waals surface area (Å²) in [6, 6.07) is 6.72. The molecule has 0 spiro atoms. The fourth-order valence-corrected chi connectivity index (χ4v) is 2.00. The molecule has 2 rings (SSSR count). The van der Waals surface area contributed by atoms with Gasteiger partial charge in [-0.05, 0) is 23.8 Å². The van der Waals surface area contributed by atoms with Crippen LogP contribution < -0.4 is 11.2 Å². The number of rotatable bonds is 3. The highest BCUT2D eigenvalue weighted by atomic mass is 35.5. The lowest BCUT2D eigenvalue weighted by atomic mass is 10.1. The summed E-state index contributed by atoms with van der Waals surface area (Å²) in [5.74, 6) is -1.34. The number of halogens is 1. The number of ketones is 1. The Labute approximate surface area is 130 Å². The van der Waals surface area contributed by atoms with Crippen molar-refractivity contribution in [2.24, 2.45) is 14.1 Å². The van der Waals surface area contributed by atoms with Crippen molar-refractivity contribution < 1.29 is 9.90 Å². The summed E-state index contributed by atoms with van der Waals surface area (Å²) >= 11 is 5.76. The molecule has 7 heteroatoms. The maximum absolute atomic E-state index is 12.1. The molecule has 0 radical (unpaired) electrons. The average Bonchev–Trinajstić information content (AvgIpc) is 2.50. The molecule has 0 aliphatic carbocycles. The largest absolute Gasteiger partial charge is 0.494 e. The molecule has 0 saturated heterocycles. The van der Waals surface area contributed by atoms with Crippen LogP contribution in [-0.4, -0.2) is 20.0 Å². The Balaban J connectivity index is 2.45. The second-order valence-corrected chi connectivity index (χ2v) is 5.09. The van der Waals surface area contributed by atoms with Gasteiger partial charge in [0.2, 0.25) is 5.88 Å². The number of allylic oxidation sites excluding steroid dienone is 1. The molecule has 0 bridgehead atoms. The number of hydrogen-bond donors (Lipinski definition) is 1. The van der Waals surface area contributed by atoms with Crippen LogP contribution in [0, 0.1) is 0 Å². The van der Waals surface area contributed by atoms with Gasteiger partial charge >= 0.3 is 5.69 Å². The molecule has 0 saturated carbocycles. The van der Waals surface area contributed by atoms with E-state index in [9.17, 15) is 19.5 Å². The van der Waals surface area contributed by atoms with Gasteiger partial charge in [0, 0.05) is 19.1 Å². The monoisotopic (exact) mass is 320 g/mol. The molecule has 0 atom stereocenters. The second kappa shape index (κ2) is 6.03. The van der Waals surface area contributed by atoms with Crippen LogP contribution in [0.2, 0.25) is 5.02 Å². The van der Waals surface area contributed by atoms with Gasteiger partial charge in [0.05, 0.1) is 0 Å². The molecule has 0 fully saturated rings. The highest BCUT2D eigenvalue weighted by Crippen LogP contribution is 2.13. The van der Waals surface area contributed by atoms with Crippen molar-refractivity contribution in [3.05, 3.63) is 67.3 Å². The van der Waals surface area contributed by atoms with Crippen LogP contribution in [-0.2, 0) is 14.1 Å². The topological polar surface area (TPSA) is 81.3 Å². The average molecular weight is 321 g/mol. The van der Waals surface area contributed by atoms with Crippen molar-refractivity contribution in [2.75, 3.05) is 0 Å². The molecule has 2 aromatic rings. The summed E-state index contributed by atoms with van der Waals surface area (Å²) in [5, 5.41) is 10.4. The quantitative estimate of drug-likeness (QED) is 0.683. The smallest absolute Gasteiger partial charge is 0.333 e. The Hall–Kier alpha value is -2.60. The predicted octanol–water partition coefficient (Wildman–Crippen LogP) is 1.34. The van der Waals surface area contributed by atoms with Crippen molar-refractivity contribution in [1.82, 2.24) is 9.13 Å². The first-order valence-electron chi connectivity index (χ1n) is 6.30. The Kier molecular flexibility index (Phi) is 4.32. The first-order valence-corrected chi connectivity index (χ1v) is 6.67. The SMILES string of the molecule is Cn1c(O)c(C(=O)C=Cc2ccc(Cl)cc2)c(=O)n(C)c1=O. The first kappa shape index (κ1) is 15.8. The van der Waals surface area contributed by atoms with E-state index in [1.807, 2.05) is 0 Å². The lowest BCUT2D eigenvalue weighted by Gasteiger charge is -2.07. The molecular formula is C15H13ClN2O4. The Morgan fingerprint density at radius 1 is 1.14 bits per heavy atom. The molecule has 1 N–H and O–H groups in total. The maximum atomic E-state index is 12.1. The van der Waals surface area contributed by atoms with Gasteiger partial charge in [0.15, 0.2) is 5.78 Å². The zero-order valence-electron chi connectivity index (χ0n) is 11.9. The summed E-state index contributed by atoms with van der Waals surface area (Å²) in [4.78, 5) is 35.7. The van der Waals surface area contributed by atoms with Gasteiger partial charge in [-0.25, -0.2) is 4.79 Å². The van der Waals surface area contributed by atoms with Gasteiger partial charge in [-0.3, -0.25) is 18.7 Å². The van der Waals surface area contributed by atoms with Crippen molar-refractivity contribution in [3.63, 3.8) is 0 Å². The summed E-state index contributed by atoms with van der Waals surface area (Å²) in [6.07, 6.45) is 2.65. The van der Waals surface area contributed by atoms with E-state index in [1.54, 1.807) is 24.3 Å². The lowest BCUT2D eigenvalue weighted by Crippen LogP contribution is -2.39. The highest BCUT2D eigenvalue weighted by molar-refractivity contribution is 6.30. The number of aromatic hydroxyl groups is 1. The third kappa shape index (κ3) is 2.87. The first-order chi connectivity index (χ1) is 10.3. The normalized spacial score (nSPS) is 11.0. The molecule has 1 heterocycles. The van der Waals surface area contributed by atoms with Gasteiger partial charge in [-0.15, -0.1) is 0 Å². The van der Waals surface area contributed by atoms with E-state index in [4.69, 9.17) is 11.6 Å². The van der Waals surface area contributed by atoms with Crippen molar-refractivity contribution in [3.8, 4) is 5.88 Å². The summed E-state index contributed by atoms with van der Waals surface area (Å²) in [5.41, 5.74) is -1.29. The van der Waals surface area contributed by atoms with E-state index in [1.165, 1.54) is 20.2 Å². The standard InChI is InChI=1S/C15H13ClN2O4/c1-17-13(20)12(14(21)18(2)15(17)22)11(19)8-5-9-3-6-10(16)7-4-9/h3-8,20H,1-2H3. The van der Waals surface area contributed by atoms with E-state index < -0.39 is 28.5 Å². The predicted molar refractivity (Wildman–Crippen MR) is 83.4 cm³/mol. The molecule has 0 aliphatic rings. The van der Waals surface area contributed by atoms with Gasteiger partial charge in [0.1, 0.15) is 5.56 Å². The summed E-state index contributed by atoms with van der Waals surface area (Å²) in [6.45, 7) is 0.